The Balaban J connectivity index is 0.000000132. The van der Waals surface area contributed by atoms with E-state index in [1.807, 2.05) is 34.0 Å². The third-order valence-electron chi connectivity index (χ3n) is 26.5. The molecular formula is C137H126N4S3. The van der Waals surface area contributed by atoms with Crippen molar-refractivity contribution in [3.8, 4) is 11.1 Å². The van der Waals surface area contributed by atoms with E-state index in [-0.39, 0.29) is 5.41 Å². The van der Waals surface area contributed by atoms with Crippen molar-refractivity contribution in [3.63, 3.8) is 0 Å². The minimum Gasteiger partial charge on any atom is -0.311 e. The van der Waals surface area contributed by atoms with E-state index in [4.69, 9.17) is 0 Å². The summed E-state index contributed by atoms with van der Waals surface area (Å²) >= 11 is 5.48. The maximum atomic E-state index is 2.39. The number of anilines is 12. The number of fused-ring (bicyclic) bond motifs is 5. The number of allylic oxidation sites excluding steroid dienone is 4. The SMILES string of the molecule is CC=Cc1c2ccccc2c(C=Cc2ccc(N(c3ccc(C)cc3)c3ccc(C)cc3)cc2)c2ccccc12.CC=Cc1sc(C=Cc2ccc(N(c3ccc(C)cc3)c3ccc(C)cc3)cc2)cc1C.CC=Cc1sc(C=Cc2ccc(N(c3ccc(C)cc3)c3ccc(C)cc3)cc2)cc1C.CC=Cc1sc(C=Cc2ccc(N(c3ccc(C)cc3)c3ccc4c(c3)C(C)(C)c3ccccc3-4)cc2)cc1C. The summed E-state index contributed by atoms with van der Waals surface area (Å²) in [5, 5.41) is 5.10. The summed E-state index contributed by atoms with van der Waals surface area (Å²) in [6.45, 7) is 34.4. The Kier molecular flexibility index (Phi) is 32.1. The summed E-state index contributed by atoms with van der Waals surface area (Å²) in [5.41, 5.74) is 39.4. The van der Waals surface area contributed by atoms with Crippen LogP contribution < -0.4 is 19.6 Å². The summed E-state index contributed by atoms with van der Waals surface area (Å²) in [5.74, 6) is 0. The highest BCUT2D eigenvalue weighted by atomic mass is 32.1. The first-order valence-corrected chi connectivity index (χ1v) is 52.3. The average molecular weight is 1920 g/mol. The maximum Gasteiger partial charge on any atom is 0.0465 e. The predicted molar refractivity (Wildman–Crippen MR) is 638 cm³/mol. The van der Waals surface area contributed by atoms with Crippen LogP contribution in [0, 0.1) is 69.2 Å². The molecular weight excluding hydrogens is 1800 g/mol. The number of aryl methyl sites for hydroxylation is 10. The number of nitrogens with zero attached hydrogens (tertiary/aromatic N) is 4. The van der Waals surface area contributed by atoms with E-state index >= 15 is 0 Å². The van der Waals surface area contributed by atoms with Gasteiger partial charge in [-0.15, -0.1) is 34.0 Å². The smallest absolute Gasteiger partial charge is 0.0465 e. The lowest BCUT2D eigenvalue weighted by Crippen LogP contribution is -2.16. The molecule has 7 heteroatoms. The van der Waals surface area contributed by atoms with Crippen molar-refractivity contribution in [2.24, 2.45) is 0 Å². The molecule has 144 heavy (non-hydrogen) atoms. The highest BCUT2D eigenvalue weighted by molar-refractivity contribution is 7.14. The minimum absolute atomic E-state index is 0.0392. The molecule has 0 N–H and O–H groups in total. The lowest BCUT2D eigenvalue weighted by molar-refractivity contribution is 0.660. The van der Waals surface area contributed by atoms with Crippen LogP contribution >= 0.6 is 34.0 Å². The van der Waals surface area contributed by atoms with Gasteiger partial charge in [0.1, 0.15) is 0 Å². The molecule has 0 spiro atoms. The first-order valence-electron chi connectivity index (χ1n) is 49.8. The van der Waals surface area contributed by atoms with Gasteiger partial charge in [-0.2, -0.15) is 0 Å². The molecule has 20 rings (SSSR count). The highest BCUT2D eigenvalue weighted by Crippen LogP contribution is 2.52. The molecule has 0 amide bonds. The van der Waals surface area contributed by atoms with Crippen LogP contribution in [0.5, 0.6) is 0 Å². The molecule has 1 aliphatic carbocycles. The van der Waals surface area contributed by atoms with Crippen LogP contribution in [0.4, 0.5) is 68.2 Å². The van der Waals surface area contributed by atoms with Gasteiger partial charge >= 0.3 is 0 Å². The van der Waals surface area contributed by atoms with E-state index in [0.717, 1.165) is 62.6 Å². The van der Waals surface area contributed by atoms with Crippen molar-refractivity contribution in [3.05, 3.63) is 530 Å². The molecule has 3 aromatic heterocycles. The van der Waals surface area contributed by atoms with E-state index in [1.54, 1.807) is 0 Å². The second-order valence-electron chi connectivity index (χ2n) is 37.8. The molecule has 0 bridgehead atoms. The maximum absolute atomic E-state index is 2.39. The van der Waals surface area contributed by atoms with Crippen molar-refractivity contribution < 1.29 is 0 Å². The van der Waals surface area contributed by atoms with Gasteiger partial charge in [0.15, 0.2) is 0 Å². The topological polar surface area (TPSA) is 13.0 Å². The minimum atomic E-state index is -0.0392. The van der Waals surface area contributed by atoms with Gasteiger partial charge in [0.25, 0.3) is 0 Å². The molecule has 0 aliphatic heterocycles. The van der Waals surface area contributed by atoms with Crippen LogP contribution in [0.2, 0.25) is 0 Å². The molecule has 712 valence electrons. The fraction of sp³-hybridized carbons (Fsp3) is 0.124. The van der Waals surface area contributed by atoms with Crippen LogP contribution in [0.3, 0.4) is 0 Å². The van der Waals surface area contributed by atoms with E-state index in [1.165, 1.54) is 168 Å². The van der Waals surface area contributed by atoms with Crippen molar-refractivity contribution >= 4 is 197 Å². The molecule has 0 fully saturated rings. The van der Waals surface area contributed by atoms with Crippen molar-refractivity contribution in [1.82, 2.24) is 0 Å². The second kappa shape index (κ2) is 46.3. The van der Waals surface area contributed by atoms with E-state index < -0.39 is 0 Å². The molecule has 16 aromatic carbocycles. The van der Waals surface area contributed by atoms with Crippen LogP contribution in [0.25, 0.3) is 106 Å². The molecule has 0 atom stereocenters. The largest absolute Gasteiger partial charge is 0.311 e. The van der Waals surface area contributed by atoms with Gasteiger partial charge in [-0.1, -0.05) is 326 Å². The molecule has 0 saturated heterocycles. The van der Waals surface area contributed by atoms with Crippen LogP contribution in [-0.2, 0) is 5.41 Å². The molecule has 19 aromatic rings. The predicted octanol–water partition coefficient (Wildman–Crippen LogP) is 41.3. The molecule has 0 unspecified atom stereocenters. The fourth-order valence-electron chi connectivity index (χ4n) is 18.6. The van der Waals surface area contributed by atoms with E-state index in [0.29, 0.717) is 0 Å². The first kappa shape index (κ1) is 99.8. The fourth-order valence-corrected chi connectivity index (χ4v) is 21.8. The molecule has 3 heterocycles. The Bertz CT molecular complexity index is 7490. The number of hydrogen-bond donors (Lipinski definition) is 0. The summed E-state index contributed by atoms with van der Waals surface area (Å²) in [7, 11) is 0. The van der Waals surface area contributed by atoms with Crippen LogP contribution in [-0.4, -0.2) is 0 Å². The lowest BCUT2D eigenvalue weighted by Gasteiger charge is -2.28. The molecule has 0 radical (unpaired) electrons. The van der Waals surface area contributed by atoms with Gasteiger partial charge in [0, 0.05) is 103 Å². The van der Waals surface area contributed by atoms with Crippen molar-refractivity contribution in [2.75, 3.05) is 19.6 Å². The van der Waals surface area contributed by atoms with Crippen molar-refractivity contribution in [2.45, 2.75) is 116 Å². The third-order valence-corrected chi connectivity index (χ3v) is 30.0. The number of rotatable bonds is 24. The number of hydrogen-bond acceptors (Lipinski definition) is 7. The lowest BCUT2D eigenvalue weighted by atomic mass is 9.82. The van der Waals surface area contributed by atoms with E-state index in [9.17, 15) is 0 Å². The molecule has 4 nitrogen and oxygen atoms in total. The van der Waals surface area contributed by atoms with Gasteiger partial charge in [-0.25, -0.2) is 0 Å². The monoisotopic (exact) mass is 1920 g/mol. The summed E-state index contributed by atoms with van der Waals surface area (Å²) < 4.78 is 0. The van der Waals surface area contributed by atoms with Gasteiger partial charge in [-0.05, 0) is 391 Å². The first-order chi connectivity index (χ1) is 70.0. The highest BCUT2D eigenvalue weighted by Gasteiger charge is 2.36. The Morgan fingerprint density at radius 3 is 0.674 bits per heavy atom. The van der Waals surface area contributed by atoms with Gasteiger partial charge in [0.2, 0.25) is 0 Å². The summed E-state index contributed by atoms with van der Waals surface area (Å²) in [6.07, 6.45) is 34.9. The Hall–Kier alpha value is -15.7. The number of benzene rings is 16. The number of thiophene rings is 3. The zero-order chi connectivity index (χ0) is 100. The average Bonchev–Trinajstić information content (AvgIpc) is 1.46. The third kappa shape index (κ3) is 23.8. The quantitative estimate of drug-likeness (QED) is 0.0441. The summed E-state index contributed by atoms with van der Waals surface area (Å²) in [4.78, 5) is 17.1. The molecule has 0 saturated carbocycles. The Labute approximate surface area is 866 Å². The van der Waals surface area contributed by atoms with Gasteiger partial charge < -0.3 is 19.6 Å². The normalized spacial score (nSPS) is 12.1. The summed E-state index contributed by atoms with van der Waals surface area (Å²) in [6, 6.07) is 136. The van der Waals surface area contributed by atoms with Crippen LogP contribution in [0.1, 0.15) is 171 Å². The van der Waals surface area contributed by atoms with Gasteiger partial charge in [0.05, 0.1) is 0 Å². The Morgan fingerprint density at radius 2 is 0.410 bits per heavy atom. The van der Waals surface area contributed by atoms with Gasteiger partial charge in [-0.3, -0.25) is 0 Å². The van der Waals surface area contributed by atoms with Crippen LogP contribution in [0.15, 0.2) is 400 Å². The zero-order valence-corrected chi connectivity index (χ0v) is 88.0. The second-order valence-corrected chi connectivity index (χ2v) is 41.1. The van der Waals surface area contributed by atoms with E-state index in [2.05, 4.69) is 604 Å². The zero-order valence-electron chi connectivity index (χ0n) is 85.5. The molecule has 1 aliphatic rings. The standard InChI is InChI=1S/C39H33N.C38H35NS.2C30H29NS/c1-4-9-34-35-10-5-7-12-37(35)39(38-13-8-6-11-36(34)38)27-20-30-18-25-33(26-19-30)40(31-21-14-28(2)15-22-31)32-23-16-29(3)17-24-32;1-6-9-37-27(3)24-32(40-37)22-16-28-14-19-30(20-15-28)39(29-17-12-26(2)13-18-29)31-21-23-34-33-10-7-8-11-35(33)38(4,5)36(34)25-31;2*1-5-6-30-24(4)21-29(32-30)20-13-25-11-18-28(19-12-25)31(26-14-7-22(2)8-15-26)27-16-9-23(3)10-17-27/h4-27H,1-3H3;6-25H,1-5H3;2*5-21H,1-4H3. The Morgan fingerprint density at radius 1 is 0.194 bits per heavy atom. The van der Waals surface area contributed by atoms with Crippen molar-refractivity contribution in [1.29, 1.82) is 0 Å².